The van der Waals surface area contributed by atoms with E-state index >= 15 is 0 Å². The van der Waals surface area contributed by atoms with Gasteiger partial charge in [0.05, 0.1) is 0 Å². The summed E-state index contributed by atoms with van der Waals surface area (Å²) in [5.74, 6) is 1.86. The molecule has 4 rings (SSSR count). The summed E-state index contributed by atoms with van der Waals surface area (Å²) in [6.45, 7) is 4.12. The van der Waals surface area contributed by atoms with Crippen molar-refractivity contribution < 1.29 is 4.42 Å². The average molecular weight is 385 g/mol. The summed E-state index contributed by atoms with van der Waals surface area (Å²) in [5.41, 5.74) is 1.76. The maximum absolute atomic E-state index is 6.18. The van der Waals surface area contributed by atoms with Crippen molar-refractivity contribution in [2.24, 2.45) is 0 Å². The van der Waals surface area contributed by atoms with Gasteiger partial charge >= 0.3 is 0 Å². The molecule has 1 aliphatic rings. The minimum absolute atomic E-state index is 0.286. The normalized spacial score (nSPS) is 15.8. The molecule has 0 amide bonds. The highest BCUT2D eigenvalue weighted by Gasteiger charge is 2.18. The third-order valence-corrected chi connectivity index (χ3v) is 5.17. The van der Waals surface area contributed by atoms with Crippen molar-refractivity contribution in [3.8, 4) is 23.2 Å². The van der Waals surface area contributed by atoms with Gasteiger partial charge in [-0.15, -0.1) is 10.2 Å². The van der Waals surface area contributed by atoms with Gasteiger partial charge in [-0.2, -0.15) is 0 Å². The van der Waals surface area contributed by atoms with Crippen molar-refractivity contribution >= 4 is 17.4 Å². The summed E-state index contributed by atoms with van der Waals surface area (Å²) in [5, 5.41) is 12.3. The Balaban J connectivity index is 1.52. The van der Waals surface area contributed by atoms with Gasteiger partial charge in [-0.25, -0.2) is 9.97 Å². The largest absolute Gasteiger partial charge is 0.413 e. The van der Waals surface area contributed by atoms with Crippen molar-refractivity contribution in [3.05, 3.63) is 41.0 Å². The average Bonchev–Trinajstić information content (AvgIpc) is 3.16. The van der Waals surface area contributed by atoms with E-state index in [2.05, 4.69) is 37.4 Å². The molecule has 1 aromatic carbocycles. The van der Waals surface area contributed by atoms with Gasteiger partial charge < -0.3 is 14.6 Å². The number of nitrogens with one attached hydrogen (secondary N) is 1. The molecule has 140 valence electrons. The number of benzene rings is 1. The number of nitrogens with zero attached hydrogens (tertiary/aromatic N) is 5. The van der Waals surface area contributed by atoms with Gasteiger partial charge in [-0.05, 0) is 63.7 Å². The van der Waals surface area contributed by atoms with Crippen molar-refractivity contribution in [1.82, 2.24) is 25.1 Å². The van der Waals surface area contributed by atoms with E-state index in [9.17, 15) is 0 Å². The summed E-state index contributed by atoms with van der Waals surface area (Å²) in [4.78, 5) is 11.1. The third kappa shape index (κ3) is 4.09. The number of rotatable bonds is 4. The lowest BCUT2D eigenvalue weighted by Crippen LogP contribution is -2.36. The summed E-state index contributed by atoms with van der Waals surface area (Å²) >= 11 is 6.18. The molecular formula is C19H21ClN6O. The molecule has 0 unspecified atom stereocenters. The first kappa shape index (κ1) is 17.9. The van der Waals surface area contributed by atoms with Crippen LogP contribution in [0.4, 0.5) is 5.82 Å². The van der Waals surface area contributed by atoms with Crippen LogP contribution in [-0.2, 0) is 0 Å². The number of halogens is 1. The third-order valence-electron chi connectivity index (χ3n) is 4.76. The maximum Gasteiger partial charge on any atom is 0.286 e. The number of aromatic nitrogens is 4. The Morgan fingerprint density at radius 3 is 2.70 bits per heavy atom. The van der Waals surface area contributed by atoms with E-state index in [0.29, 0.717) is 22.8 Å². The number of hydrogen-bond acceptors (Lipinski definition) is 7. The minimum Gasteiger partial charge on any atom is -0.413 e. The van der Waals surface area contributed by atoms with Crippen LogP contribution in [0.1, 0.15) is 18.4 Å². The van der Waals surface area contributed by atoms with Crippen molar-refractivity contribution in [3.63, 3.8) is 0 Å². The van der Waals surface area contributed by atoms with Crippen molar-refractivity contribution in [1.29, 1.82) is 0 Å². The molecule has 0 saturated carbocycles. The van der Waals surface area contributed by atoms with Gasteiger partial charge in [-0.1, -0.05) is 17.7 Å². The van der Waals surface area contributed by atoms with Gasteiger partial charge in [-0.3, -0.25) is 0 Å². The Kier molecular flexibility index (Phi) is 5.05. The minimum atomic E-state index is 0.286. The molecule has 8 heteroatoms. The molecule has 7 nitrogen and oxygen atoms in total. The van der Waals surface area contributed by atoms with E-state index in [4.69, 9.17) is 16.0 Å². The predicted molar refractivity (Wildman–Crippen MR) is 105 cm³/mol. The van der Waals surface area contributed by atoms with Crippen LogP contribution in [0.2, 0.25) is 5.02 Å². The monoisotopic (exact) mass is 384 g/mol. The second-order valence-electron chi connectivity index (χ2n) is 6.86. The first-order valence-corrected chi connectivity index (χ1v) is 9.35. The van der Waals surface area contributed by atoms with E-state index in [-0.39, 0.29) is 5.89 Å². The van der Waals surface area contributed by atoms with Crippen LogP contribution >= 0.6 is 11.6 Å². The van der Waals surface area contributed by atoms with Crippen LogP contribution in [0.5, 0.6) is 0 Å². The Morgan fingerprint density at radius 1 is 1.15 bits per heavy atom. The molecular weight excluding hydrogens is 364 g/mol. The van der Waals surface area contributed by atoms with E-state index in [1.54, 1.807) is 6.20 Å². The van der Waals surface area contributed by atoms with Gasteiger partial charge in [0.25, 0.3) is 5.89 Å². The topological polar surface area (TPSA) is 80.0 Å². The Morgan fingerprint density at radius 2 is 1.93 bits per heavy atom. The molecule has 2 aromatic heterocycles. The molecule has 3 aromatic rings. The van der Waals surface area contributed by atoms with E-state index in [1.807, 2.05) is 31.2 Å². The zero-order valence-corrected chi connectivity index (χ0v) is 16.1. The van der Waals surface area contributed by atoms with Crippen LogP contribution in [0, 0.1) is 6.92 Å². The quantitative estimate of drug-likeness (QED) is 0.735. The van der Waals surface area contributed by atoms with E-state index < -0.39 is 0 Å². The fourth-order valence-electron chi connectivity index (χ4n) is 3.06. The smallest absolute Gasteiger partial charge is 0.286 e. The van der Waals surface area contributed by atoms with Crippen LogP contribution in [0.3, 0.4) is 0 Å². The first-order chi connectivity index (χ1) is 13.1. The lowest BCUT2D eigenvalue weighted by molar-refractivity contribution is 0.263. The fraction of sp³-hybridized carbons (Fsp3) is 0.368. The summed E-state index contributed by atoms with van der Waals surface area (Å²) < 4.78 is 5.77. The number of piperidine rings is 1. The predicted octanol–water partition coefficient (Wildman–Crippen LogP) is 3.66. The fourth-order valence-corrected chi connectivity index (χ4v) is 3.24. The molecule has 0 bridgehead atoms. The molecule has 1 aliphatic heterocycles. The lowest BCUT2D eigenvalue weighted by Gasteiger charge is -2.29. The summed E-state index contributed by atoms with van der Waals surface area (Å²) in [6, 6.07) is 7.91. The van der Waals surface area contributed by atoms with Gasteiger partial charge in [0, 0.05) is 22.8 Å². The summed E-state index contributed by atoms with van der Waals surface area (Å²) in [6.07, 6.45) is 3.88. The zero-order chi connectivity index (χ0) is 18.8. The highest BCUT2D eigenvalue weighted by Crippen LogP contribution is 2.26. The zero-order valence-electron chi connectivity index (χ0n) is 15.3. The number of aryl methyl sites for hydroxylation is 1. The molecule has 1 N–H and O–H groups in total. The van der Waals surface area contributed by atoms with Gasteiger partial charge in [0.2, 0.25) is 11.7 Å². The van der Waals surface area contributed by atoms with Crippen LogP contribution in [0.15, 0.2) is 34.9 Å². The molecule has 3 heterocycles. The maximum atomic E-state index is 6.18. The van der Waals surface area contributed by atoms with Crippen LogP contribution < -0.4 is 5.32 Å². The molecule has 1 fully saturated rings. The lowest BCUT2D eigenvalue weighted by atomic mass is 10.1. The number of anilines is 1. The highest BCUT2D eigenvalue weighted by molar-refractivity contribution is 6.31. The highest BCUT2D eigenvalue weighted by atomic mass is 35.5. The van der Waals surface area contributed by atoms with Crippen molar-refractivity contribution in [2.45, 2.75) is 25.8 Å². The Bertz CT molecular complexity index is 935. The summed E-state index contributed by atoms with van der Waals surface area (Å²) in [7, 11) is 2.15. The van der Waals surface area contributed by atoms with Gasteiger partial charge in [0.15, 0.2) is 0 Å². The van der Waals surface area contributed by atoms with Crippen LogP contribution in [-0.4, -0.2) is 51.2 Å². The number of hydrogen-bond donors (Lipinski definition) is 1. The second-order valence-corrected chi connectivity index (χ2v) is 7.27. The molecule has 0 radical (unpaired) electrons. The van der Waals surface area contributed by atoms with E-state index in [1.165, 1.54) is 0 Å². The van der Waals surface area contributed by atoms with Crippen LogP contribution in [0.25, 0.3) is 23.2 Å². The first-order valence-electron chi connectivity index (χ1n) is 8.97. The van der Waals surface area contributed by atoms with Gasteiger partial charge in [0.1, 0.15) is 5.82 Å². The molecule has 0 aliphatic carbocycles. The van der Waals surface area contributed by atoms with Crippen molar-refractivity contribution in [2.75, 3.05) is 25.5 Å². The van der Waals surface area contributed by atoms with E-state index in [0.717, 1.165) is 42.9 Å². The molecule has 0 spiro atoms. The standard InChI is InChI=1S/C19H21ClN6O/c1-12-3-4-13(11-15(12)20)18-24-25-19(27-18)17-21-8-5-16(23-17)22-14-6-9-26(2)10-7-14/h3-5,8,11,14H,6-7,9-10H2,1-2H3,(H,21,22,23). The molecule has 1 saturated heterocycles. The molecule has 0 atom stereocenters. The SMILES string of the molecule is Cc1ccc(-c2nnc(-c3nccc(NC4CCN(C)CC4)n3)o2)cc1Cl. The molecule has 27 heavy (non-hydrogen) atoms. The number of likely N-dealkylation sites (tertiary alicyclic amines) is 1. The Labute approximate surface area is 162 Å². The second kappa shape index (κ2) is 7.62. The Hall–Kier alpha value is -2.51.